The summed E-state index contributed by atoms with van der Waals surface area (Å²) in [5, 5.41) is 16.5. The lowest BCUT2D eigenvalue weighted by atomic mass is 10.1. The van der Waals surface area contributed by atoms with E-state index in [1.165, 1.54) is 6.08 Å². The molecule has 0 aliphatic carbocycles. The lowest BCUT2D eigenvalue weighted by Crippen LogP contribution is -1.85. The van der Waals surface area contributed by atoms with E-state index in [-0.39, 0.29) is 0 Å². The van der Waals surface area contributed by atoms with Gasteiger partial charge in [0, 0.05) is 12.5 Å². The molecular weight excluding hydrogens is 166 g/mol. The first-order valence-corrected chi connectivity index (χ1v) is 4.54. The summed E-state index contributed by atoms with van der Waals surface area (Å²) in [6.45, 7) is 0. The summed E-state index contributed by atoms with van der Waals surface area (Å²) >= 11 is 0. The average Bonchev–Trinajstić information content (AvgIpc) is 2.09. The Labute approximate surface area is 78.7 Å². The van der Waals surface area contributed by atoms with Gasteiger partial charge in [-0.1, -0.05) is 18.9 Å². The lowest BCUT2D eigenvalue weighted by Gasteiger charge is -1.94. The van der Waals surface area contributed by atoms with Crippen LogP contribution in [0, 0.1) is 11.3 Å². The first-order valence-electron chi connectivity index (χ1n) is 4.54. The maximum atomic E-state index is 10.1. The second-order valence-electron chi connectivity index (χ2n) is 2.85. The van der Waals surface area contributed by atoms with Gasteiger partial charge in [0.15, 0.2) is 0 Å². The quantitative estimate of drug-likeness (QED) is 0.485. The number of nitrogens with zero attached hydrogens (tertiary/aromatic N) is 1. The van der Waals surface area contributed by atoms with Crippen molar-refractivity contribution in [1.82, 2.24) is 0 Å². The topological polar surface area (TPSA) is 61.1 Å². The van der Waals surface area contributed by atoms with Gasteiger partial charge >= 0.3 is 5.97 Å². The number of carbonyl (C=O) groups is 1. The molecule has 0 saturated carbocycles. The van der Waals surface area contributed by atoms with Crippen LogP contribution in [-0.4, -0.2) is 11.1 Å². The van der Waals surface area contributed by atoms with Crippen LogP contribution in [0.1, 0.15) is 38.5 Å². The third-order valence-corrected chi connectivity index (χ3v) is 1.67. The molecule has 72 valence electrons. The van der Waals surface area contributed by atoms with Gasteiger partial charge in [0.1, 0.15) is 0 Å². The summed E-state index contributed by atoms with van der Waals surface area (Å²) in [5.74, 6) is -0.885. The zero-order valence-corrected chi connectivity index (χ0v) is 7.70. The van der Waals surface area contributed by atoms with Gasteiger partial charge in [-0.2, -0.15) is 5.26 Å². The van der Waals surface area contributed by atoms with Crippen LogP contribution >= 0.6 is 0 Å². The summed E-state index contributed by atoms with van der Waals surface area (Å²) < 4.78 is 0. The van der Waals surface area contributed by atoms with Gasteiger partial charge in [-0.15, -0.1) is 0 Å². The predicted octanol–water partition coefficient (Wildman–Crippen LogP) is 2.49. The molecule has 0 aromatic rings. The number of rotatable bonds is 7. The molecule has 0 aromatic heterocycles. The molecule has 0 spiro atoms. The fourth-order valence-corrected chi connectivity index (χ4v) is 1.00. The maximum absolute atomic E-state index is 10.1. The molecule has 0 amide bonds. The molecule has 0 atom stereocenters. The van der Waals surface area contributed by atoms with Crippen LogP contribution in [0.25, 0.3) is 0 Å². The molecule has 0 unspecified atom stereocenters. The zero-order chi connectivity index (χ0) is 9.94. The van der Waals surface area contributed by atoms with E-state index in [1.807, 2.05) is 0 Å². The Morgan fingerprint density at radius 2 is 2.00 bits per heavy atom. The molecule has 13 heavy (non-hydrogen) atoms. The smallest absolute Gasteiger partial charge is 0.327 e. The van der Waals surface area contributed by atoms with Crippen molar-refractivity contribution in [3.05, 3.63) is 12.2 Å². The SMILES string of the molecule is N#CCCCCCC/C=C/C(=O)O. The summed E-state index contributed by atoms with van der Waals surface area (Å²) in [6, 6.07) is 2.09. The zero-order valence-electron chi connectivity index (χ0n) is 7.70. The number of allylic oxidation sites excluding steroid dienone is 1. The van der Waals surface area contributed by atoms with Crippen molar-refractivity contribution >= 4 is 5.97 Å². The monoisotopic (exact) mass is 181 g/mol. The molecule has 0 aromatic carbocycles. The Morgan fingerprint density at radius 3 is 2.62 bits per heavy atom. The highest BCUT2D eigenvalue weighted by Crippen LogP contribution is 2.05. The van der Waals surface area contributed by atoms with Crippen molar-refractivity contribution in [3.8, 4) is 6.07 Å². The molecule has 0 bridgehead atoms. The van der Waals surface area contributed by atoms with Crippen molar-refractivity contribution in [1.29, 1.82) is 5.26 Å². The number of hydrogen-bond acceptors (Lipinski definition) is 2. The van der Waals surface area contributed by atoms with Crippen molar-refractivity contribution in [2.24, 2.45) is 0 Å². The lowest BCUT2D eigenvalue weighted by molar-refractivity contribution is -0.131. The summed E-state index contributed by atoms with van der Waals surface area (Å²) in [7, 11) is 0. The van der Waals surface area contributed by atoms with Crippen LogP contribution in [0.2, 0.25) is 0 Å². The number of nitriles is 1. The van der Waals surface area contributed by atoms with Crippen LogP contribution in [0.15, 0.2) is 12.2 Å². The minimum atomic E-state index is -0.885. The van der Waals surface area contributed by atoms with E-state index in [0.29, 0.717) is 6.42 Å². The van der Waals surface area contributed by atoms with E-state index in [0.717, 1.165) is 32.1 Å². The highest BCUT2D eigenvalue weighted by molar-refractivity contribution is 5.79. The molecule has 0 heterocycles. The predicted molar refractivity (Wildman–Crippen MR) is 50.1 cm³/mol. The van der Waals surface area contributed by atoms with E-state index >= 15 is 0 Å². The fraction of sp³-hybridized carbons (Fsp3) is 0.600. The van der Waals surface area contributed by atoms with E-state index in [1.54, 1.807) is 6.08 Å². The van der Waals surface area contributed by atoms with Crippen LogP contribution in [0.4, 0.5) is 0 Å². The van der Waals surface area contributed by atoms with E-state index < -0.39 is 5.97 Å². The Kier molecular flexibility index (Phi) is 7.91. The van der Waals surface area contributed by atoms with Gasteiger partial charge in [-0.05, 0) is 19.3 Å². The third kappa shape index (κ3) is 10.7. The Hall–Kier alpha value is -1.30. The Morgan fingerprint density at radius 1 is 1.31 bits per heavy atom. The molecule has 3 heteroatoms. The van der Waals surface area contributed by atoms with Crippen molar-refractivity contribution in [2.75, 3.05) is 0 Å². The fourth-order valence-electron chi connectivity index (χ4n) is 1.00. The molecule has 3 nitrogen and oxygen atoms in total. The van der Waals surface area contributed by atoms with Crippen LogP contribution in [0.3, 0.4) is 0 Å². The minimum absolute atomic E-state index is 0.630. The molecule has 0 aliphatic rings. The van der Waals surface area contributed by atoms with Gasteiger partial charge in [0.2, 0.25) is 0 Å². The molecule has 0 fully saturated rings. The summed E-state index contributed by atoms with van der Waals surface area (Å²) in [5.41, 5.74) is 0. The van der Waals surface area contributed by atoms with Crippen LogP contribution in [0.5, 0.6) is 0 Å². The highest BCUT2D eigenvalue weighted by atomic mass is 16.4. The standard InChI is InChI=1S/C10H15NO2/c11-9-7-5-3-1-2-4-6-8-10(12)13/h6,8H,1-5,7H2,(H,12,13)/b8-6+. The van der Waals surface area contributed by atoms with Gasteiger partial charge in [-0.25, -0.2) is 4.79 Å². The van der Waals surface area contributed by atoms with E-state index in [4.69, 9.17) is 10.4 Å². The van der Waals surface area contributed by atoms with E-state index in [9.17, 15) is 4.79 Å². The second kappa shape index (κ2) is 8.79. The van der Waals surface area contributed by atoms with Gasteiger partial charge in [0.25, 0.3) is 0 Å². The number of carboxylic acids is 1. The van der Waals surface area contributed by atoms with Crippen molar-refractivity contribution in [3.63, 3.8) is 0 Å². The van der Waals surface area contributed by atoms with Gasteiger partial charge in [0.05, 0.1) is 6.07 Å². The van der Waals surface area contributed by atoms with Gasteiger partial charge in [-0.3, -0.25) is 0 Å². The van der Waals surface area contributed by atoms with Crippen LogP contribution < -0.4 is 0 Å². The molecule has 0 saturated heterocycles. The normalized spacial score (nSPS) is 10.1. The highest BCUT2D eigenvalue weighted by Gasteiger charge is 1.89. The molecule has 0 rings (SSSR count). The third-order valence-electron chi connectivity index (χ3n) is 1.67. The molecule has 0 aliphatic heterocycles. The first-order chi connectivity index (χ1) is 6.27. The minimum Gasteiger partial charge on any atom is -0.478 e. The number of carboxylic acid groups (broad SMARTS) is 1. The molecule has 1 N–H and O–H groups in total. The summed E-state index contributed by atoms with van der Waals surface area (Å²) in [4.78, 5) is 10.1. The number of aliphatic carboxylic acids is 1. The number of unbranched alkanes of at least 4 members (excludes halogenated alkanes) is 5. The van der Waals surface area contributed by atoms with Gasteiger partial charge < -0.3 is 5.11 Å². The Bertz CT molecular complexity index is 203. The largest absolute Gasteiger partial charge is 0.478 e. The second-order valence-corrected chi connectivity index (χ2v) is 2.85. The molecular formula is C10H15NO2. The van der Waals surface area contributed by atoms with E-state index in [2.05, 4.69) is 6.07 Å². The van der Waals surface area contributed by atoms with Crippen molar-refractivity contribution in [2.45, 2.75) is 38.5 Å². The Balaban J connectivity index is 3.09. The first kappa shape index (κ1) is 11.7. The van der Waals surface area contributed by atoms with Crippen molar-refractivity contribution < 1.29 is 9.90 Å². The number of hydrogen-bond donors (Lipinski definition) is 1. The summed E-state index contributed by atoms with van der Waals surface area (Å²) in [6.07, 6.45) is 8.40. The molecule has 0 radical (unpaired) electrons. The average molecular weight is 181 g/mol. The maximum Gasteiger partial charge on any atom is 0.327 e. The van der Waals surface area contributed by atoms with Crippen LogP contribution in [-0.2, 0) is 4.79 Å².